The molecule has 1 N–H and O–H groups in total. The number of aryl methyl sites for hydroxylation is 1. The number of aliphatic carboxylic acids is 1. The first kappa shape index (κ1) is 18.9. The van der Waals surface area contributed by atoms with Crippen molar-refractivity contribution in [2.45, 2.75) is 38.1 Å². The van der Waals surface area contributed by atoms with Gasteiger partial charge in [-0.3, -0.25) is 4.79 Å². The van der Waals surface area contributed by atoms with Crippen LogP contribution in [0.1, 0.15) is 31.2 Å². The van der Waals surface area contributed by atoms with Crippen LogP contribution in [-0.2, 0) is 16.0 Å². The molecule has 7 nitrogen and oxygen atoms in total. The van der Waals surface area contributed by atoms with Crippen molar-refractivity contribution in [1.29, 1.82) is 0 Å². The number of carboxylic acids is 1. The number of hydrogen-bond donors (Lipinski definition) is 1. The minimum Gasteiger partial charge on any atom is -0.493 e. The predicted octanol–water partition coefficient (Wildman–Crippen LogP) is 2.11. The number of piperidine rings is 1. The average Bonchev–Trinajstić information content (AvgIpc) is 2.64. The molecule has 2 rings (SSSR count). The quantitative estimate of drug-likeness (QED) is 0.810. The van der Waals surface area contributed by atoms with E-state index in [0.717, 1.165) is 18.4 Å². The van der Waals surface area contributed by atoms with Crippen molar-refractivity contribution in [1.82, 2.24) is 4.90 Å². The Bertz CT molecular complexity index is 630. The van der Waals surface area contributed by atoms with Gasteiger partial charge in [-0.1, -0.05) is 6.07 Å². The maximum absolute atomic E-state index is 12.5. The van der Waals surface area contributed by atoms with Crippen molar-refractivity contribution < 1.29 is 28.9 Å². The topological polar surface area (TPSA) is 85.3 Å². The van der Waals surface area contributed by atoms with Crippen LogP contribution in [0.3, 0.4) is 0 Å². The van der Waals surface area contributed by atoms with Crippen molar-refractivity contribution in [2.24, 2.45) is 0 Å². The molecule has 7 heteroatoms. The molecular formula is C18H25NO6. The van der Waals surface area contributed by atoms with Crippen molar-refractivity contribution >= 4 is 11.9 Å². The summed E-state index contributed by atoms with van der Waals surface area (Å²) in [7, 11) is 4.61. The van der Waals surface area contributed by atoms with Gasteiger partial charge < -0.3 is 24.2 Å². The van der Waals surface area contributed by atoms with Gasteiger partial charge in [0.1, 0.15) is 6.04 Å². The molecular weight excluding hydrogens is 326 g/mol. The summed E-state index contributed by atoms with van der Waals surface area (Å²) in [5, 5.41) is 9.31. The number of rotatable bonds is 7. The Hall–Kier alpha value is -2.44. The van der Waals surface area contributed by atoms with Gasteiger partial charge in [0.2, 0.25) is 11.7 Å². The molecule has 1 atom stereocenters. The zero-order valence-corrected chi connectivity index (χ0v) is 14.9. The largest absolute Gasteiger partial charge is 0.493 e. The van der Waals surface area contributed by atoms with Crippen molar-refractivity contribution in [3.63, 3.8) is 0 Å². The predicted molar refractivity (Wildman–Crippen MR) is 91.4 cm³/mol. The second-order valence-corrected chi connectivity index (χ2v) is 5.93. The molecule has 1 saturated heterocycles. The van der Waals surface area contributed by atoms with E-state index in [1.54, 1.807) is 13.2 Å². The molecule has 25 heavy (non-hydrogen) atoms. The highest BCUT2D eigenvalue weighted by Gasteiger charge is 2.31. The van der Waals surface area contributed by atoms with Crippen molar-refractivity contribution in [3.05, 3.63) is 17.7 Å². The number of hydrogen-bond acceptors (Lipinski definition) is 5. The van der Waals surface area contributed by atoms with Crippen LogP contribution in [0.15, 0.2) is 12.1 Å². The lowest BCUT2D eigenvalue weighted by molar-refractivity contribution is -0.152. The van der Waals surface area contributed by atoms with Gasteiger partial charge in [0.15, 0.2) is 11.5 Å². The van der Waals surface area contributed by atoms with E-state index in [9.17, 15) is 14.7 Å². The number of nitrogens with zero attached hydrogens (tertiary/aromatic N) is 1. The fourth-order valence-corrected chi connectivity index (χ4v) is 3.23. The number of benzene rings is 1. The molecule has 1 aliphatic heterocycles. The average molecular weight is 351 g/mol. The van der Waals surface area contributed by atoms with Crippen LogP contribution in [0.25, 0.3) is 0 Å². The molecule has 0 saturated carbocycles. The van der Waals surface area contributed by atoms with Crippen molar-refractivity contribution in [3.8, 4) is 17.2 Å². The van der Waals surface area contributed by atoms with Crippen molar-refractivity contribution in [2.75, 3.05) is 27.9 Å². The summed E-state index contributed by atoms with van der Waals surface area (Å²) in [6.45, 7) is 0.499. The molecule has 1 aliphatic rings. The summed E-state index contributed by atoms with van der Waals surface area (Å²) >= 11 is 0. The lowest BCUT2D eigenvalue weighted by atomic mass is 10.0. The van der Waals surface area contributed by atoms with E-state index < -0.39 is 12.0 Å². The second kappa shape index (κ2) is 8.60. The molecule has 138 valence electrons. The van der Waals surface area contributed by atoms with Crippen LogP contribution in [0.5, 0.6) is 17.2 Å². The van der Waals surface area contributed by atoms with Crippen LogP contribution >= 0.6 is 0 Å². The smallest absolute Gasteiger partial charge is 0.326 e. The van der Waals surface area contributed by atoms with E-state index >= 15 is 0 Å². The Labute approximate surface area is 147 Å². The Kier molecular flexibility index (Phi) is 6.50. The highest BCUT2D eigenvalue weighted by molar-refractivity contribution is 5.84. The molecule has 0 radical (unpaired) electrons. The Morgan fingerprint density at radius 2 is 1.84 bits per heavy atom. The molecule has 1 fully saturated rings. The highest BCUT2D eigenvalue weighted by Crippen LogP contribution is 2.40. The monoisotopic (exact) mass is 351 g/mol. The van der Waals surface area contributed by atoms with Crippen LogP contribution in [0.4, 0.5) is 0 Å². The maximum atomic E-state index is 12.5. The fraction of sp³-hybridized carbons (Fsp3) is 0.556. The Morgan fingerprint density at radius 1 is 1.12 bits per heavy atom. The van der Waals surface area contributed by atoms with E-state index in [1.807, 2.05) is 6.07 Å². The molecule has 0 aromatic heterocycles. The second-order valence-electron chi connectivity index (χ2n) is 5.93. The van der Waals surface area contributed by atoms with Gasteiger partial charge in [-0.05, 0) is 37.3 Å². The Balaban J connectivity index is 2.12. The van der Waals surface area contributed by atoms with Crippen LogP contribution in [0, 0.1) is 0 Å². The summed E-state index contributed by atoms with van der Waals surface area (Å²) in [6, 6.07) is 2.88. The van der Waals surface area contributed by atoms with Crippen LogP contribution in [-0.4, -0.2) is 55.8 Å². The summed E-state index contributed by atoms with van der Waals surface area (Å²) in [5.74, 6) is 0.483. The van der Waals surface area contributed by atoms with Gasteiger partial charge >= 0.3 is 5.97 Å². The van der Waals surface area contributed by atoms with E-state index in [0.29, 0.717) is 36.6 Å². The van der Waals surface area contributed by atoms with Gasteiger partial charge in [-0.15, -0.1) is 0 Å². The zero-order valence-electron chi connectivity index (χ0n) is 14.9. The number of carbonyl (C=O) groups excluding carboxylic acids is 1. The zero-order chi connectivity index (χ0) is 18.4. The summed E-state index contributed by atoms with van der Waals surface area (Å²) in [6.07, 6.45) is 2.85. The van der Waals surface area contributed by atoms with E-state index in [1.165, 1.54) is 19.1 Å². The Morgan fingerprint density at radius 3 is 2.44 bits per heavy atom. The SMILES string of the molecule is COc1ccc(CCC(=O)N2CCCC[C@@H]2C(=O)O)c(OC)c1OC. The summed E-state index contributed by atoms with van der Waals surface area (Å²) < 4.78 is 16.0. The van der Waals surface area contributed by atoms with Gasteiger partial charge in [-0.2, -0.15) is 0 Å². The minimum atomic E-state index is -0.934. The van der Waals surface area contributed by atoms with Gasteiger partial charge in [0, 0.05) is 13.0 Å². The number of ether oxygens (including phenoxy) is 3. The molecule has 1 aromatic rings. The maximum Gasteiger partial charge on any atom is 0.326 e. The van der Waals surface area contributed by atoms with Crippen LogP contribution < -0.4 is 14.2 Å². The third-order valence-electron chi connectivity index (χ3n) is 4.50. The number of amides is 1. The lowest BCUT2D eigenvalue weighted by Crippen LogP contribution is -2.48. The first-order valence-corrected chi connectivity index (χ1v) is 8.33. The molecule has 0 aliphatic carbocycles. The molecule has 1 amide bonds. The van der Waals surface area contributed by atoms with Gasteiger partial charge in [0.05, 0.1) is 21.3 Å². The third kappa shape index (κ3) is 4.15. The molecule has 0 bridgehead atoms. The van der Waals surface area contributed by atoms with E-state index in [-0.39, 0.29) is 12.3 Å². The van der Waals surface area contributed by atoms with E-state index in [2.05, 4.69) is 0 Å². The fourth-order valence-electron chi connectivity index (χ4n) is 3.23. The normalized spacial score (nSPS) is 17.1. The number of carbonyl (C=O) groups is 2. The molecule has 0 spiro atoms. The molecule has 1 heterocycles. The lowest BCUT2D eigenvalue weighted by Gasteiger charge is -2.33. The number of likely N-dealkylation sites (tertiary alicyclic amines) is 1. The highest BCUT2D eigenvalue weighted by atomic mass is 16.5. The number of methoxy groups -OCH3 is 3. The molecule has 0 unspecified atom stereocenters. The summed E-state index contributed by atoms with van der Waals surface area (Å²) in [4.78, 5) is 25.4. The first-order chi connectivity index (χ1) is 12.0. The van der Waals surface area contributed by atoms with Gasteiger partial charge in [0.25, 0.3) is 0 Å². The van der Waals surface area contributed by atoms with E-state index in [4.69, 9.17) is 14.2 Å². The molecule has 1 aromatic carbocycles. The minimum absolute atomic E-state index is 0.149. The number of carboxylic acid groups (broad SMARTS) is 1. The summed E-state index contributed by atoms with van der Waals surface area (Å²) in [5.41, 5.74) is 0.817. The van der Waals surface area contributed by atoms with Gasteiger partial charge in [-0.25, -0.2) is 4.79 Å². The third-order valence-corrected chi connectivity index (χ3v) is 4.50. The van der Waals surface area contributed by atoms with Crippen LogP contribution in [0.2, 0.25) is 0 Å². The standard InChI is InChI=1S/C18H25NO6/c1-23-14-9-7-12(16(24-2)17(14)25-3)8-10-15(20)19-11-5-4-6-13(19)18(21)22/h7,9,13H,4-6,8,10-11H2,1-3H3,(H,21,22)/t13-/m1/s1. The first-order valence-electron chi connectivity index (χ1n) is 8.33.